The quantitative estimate of drug-likeness (QED) is 0.608. The Balaban J connectivity index is 1.69. The van der Waals surface area contributed by atoms with Crippen LogP contribution in [0.3, 0.4) is 0 Å². The predicted octanol–water partition coefficient (Wildman–Crippen LogP) is 2.89. The highest BCUT2D eigenvalue weighted by Crippen LogP contribution is 2.30. The maximum atomic E-state index is 11.2. The number of hydrogen-bond donors (Lipinski definition) is 1. The van der Waals surface area contributed by atoms with Gasteiger partial charge in [-0.1, -0.05) is 0 Å². The summed E-state index contributed by atoms with van der Waals surface area (Å²) in [6.45, 7) is 4.58. The van der Waals surface area contributed by atoms with E-state index in [2.05, 4.69) is 22.0 Å². The lowest BCUT2D eigenvalue weighted by molar-refractivity contribution is -0.143. The second kappa shape index (κ2) is 7.34. The number of hydrogen-bond acceptors (Lipinski definition) is 3. The average molecular weight is 264 g/mol. The molecule has 2 heterocycles. The van der Waals surface area contributed by atoms with Crippen LogP contribution in [-0.2, 0) is 9.53 Å². The Morgan fingerprint density at radius 1 is 1.53 bits per heavy atom. The molecular formula is C15H24N2O2. The second-order valence-corrected chi connectivity index (χ2v) is 5.08. The van der Waals surface area contributed by atoms with Crippen molar-refractivity contribution in [3.63, 3.8) is 0 Å². The molecule has 1 aromatic heterocycles. The molecule has 1 aliphatic heterocycles. The summed E-state index contributed by atoms with van der Waals surface area (Å²) in [5.41, 5.74) is 1.32. The molecule has 0 spiro atoms. The third kappa shape index (κ3) is 4.10. The van der Waals surface area contributed by atoms with Crippen molar-refractivity contribution in [3.05, 3.63) is 24.0 Å². The molecule has 1 atom stereocenters. The lowest BCUT2D eigenvalue weighted by atomic mass is 10.1. The molecule has 0 aromatic carbocycles. The summed E-state index contributed by atoms with van der Waals surface area (Å²) < 4.78 is 4.94. The molecular weight excluding hydrogens is 240 g/mol. The zero-order valence-electron chi connectivity index (χ0n) is 11.7. The molecule has 0 saturated carbocycles. The van der Waals surface area contributed by atoms with Gasteiger partial charge in [0, 0.05) is 24.4 Å². The van der Waals surface area contributed by atoms with Crippen molar-refractivity contribution in [3.8, 4) is 0 Å². The Bertz CT molecular complexity index is 376. The molecule has 4 nitrogen and oxygen atoms in total. The Morgan fingerprint density at radius 3 is 3.16 bits per heavy atom. The number of aromatic nitrogens is 1. The van der Waals surface area contributed by atoms with Gasteiger partial charge in [0.2, 0.25) is 0 Å². The van der Waals surface area contributed by atoms with E-state index >= 15 is 0 Å². The molecule has 106 valence electrons. The van der Waals surface area contributed by atoms with Crippen molar-refractivity contribution in [2.75, 3.05) is 19.7 Å². The minimum atomic E-state index is -0.0650. The summed E-state index contributed by atoms with van der Waals surface area (Å²) in [6, 6.07) is 4.77. The molecule has 0 bridgehead atoms. The third-order valence-corrected chi connectivity index (χ3v) is 3.73. The third-order valence-electron chi connectivity index (χ3n) is 3.73. The van der Waals surface area contributed by atoms with E-state index in [1.54, 1.807) is 0 Å². The minimum absolute atomic E-state index is 0.0650. The number of nitrogens with zero attached hydrogens (tertiary/aromatic N) is 1. The van der Waals surface area contributed by atoms with Crippen LogP contribution in [0.15, 0.2) is 18.3 Å². The number of unbranched alkanes of at least 4 members (excludes halogenated alkanes) is 1. The van der Waals surface area contributed by atoms with Crippen LogP contribution in [0.1, 0.15) is 50.8 Å². The SMILES string of the molecule is CCOC(=O)CCCCN1CCCC1c1ccc[nH]1. The lowest BCUT2D eigenvalue weighted by Gasteiger charge is -2.23. The van der Waals surface area contributed by atoms with Crippen LogP contribution >= 0.6 is 0 Å². The van der Waals surface area contributed by atoms with Crippen molar-refractivity contribution in [1.82, 2.24) is 9.88 Å². The maximum absolute atomic E-state index is 11.2. The van der Waals surface area contributed by atoms with Crippen molar-refractivity contribution in [1.29, 1.82) is 0 Å². The topological polar surface area (TPSA) is 45.3 Å². The van der Waals surface area contributed by atoms with E-state index in [0.717, 1.165) is 19.4 Å². The molecule has 0 aliphatic carbocycles. The first-order chi connectivity index (χ1) is 9.31. The highest BCUT2D eigenvalue weighted by atomic mass is 16.5. The summed E-state index contributed by atoms with van der Waals surface area (Å²) in [4.78, 5) is 17.1. The number of esters is 1. The van der Waals surface area contributed by atoms with Gasteiger partial charge in [0.05, 0.1) is 6.61 Å². The van der Waals surface area contributed by atoms with E-state index in [1.807, 2.05) is 13.1 Å². The van der Waals surface area contributed by atoms with Gasteiger partial charge in [-0.2, -0.15) is 0 Å². The fourth-order valence-electron chi connectivity index (χ4n) is 2.81. The number of rotatable bonds is 7. The van der Waals surface area contributed by atoms with Crippen molar-refractivity contribution < 1.29 is 9.53 Å². The fourth-order valence-corrected chi connectivity index (χ4v) is 2.81. The molecule has 1 saturated heterocycles. The zero-order valence-corrected chi connectivity index (χ0v) is 11.7. The van der Waals surface area contributed by atoms with Gasteiger partial charge in [-0.25, -0.2) is 0 Å². The van der Waals surface area contributed by atoms with E-state index < -0.39 is 0 Å². The summed E-state index contributed by atoms with van der Waals surface area (Å²) in [7, 11) is 0. The van der Waals surface area contributed by atoms with Gasteiger partial charge < -0.3 is 9.72 Å². The molecule has 1 aliphatic rings. The smallest absolute Gasteiger partial charge is 0.305 e. The van der Waals surface area contributed by atoms with Crippen molar-refractivity contribution in [2.45, 2.75) is 45.1 Å². The molecule has 19 heavy (non-hydrogen) atoms. The van der Waals surface area contributed by atoms with Crippen LogP contribution in [0.4, 0.5) is 0 Å². The standard InChI is InChI=1S/C15H24N2O2/c1-2-19-15(18)9-3-4-11-17-12-6-8-14(17)13-7-5-10-16-13/h5,7,10,14,16H,2-4,6,8-9,11-12H2,1H3. The Kier molecular flexibility index (Phi) is 5.45. The first-order valence-corrected chi connectivity index (χ1v) is 7.34. The van der Waals surface area contributed by atoms with Crippen LogP contribution in [0, 0.1) is 0 Å². The molecule has 0 radical (unpaired) electrons. The largest absolute Gasteiger partial charge is 0.466 e. The highest BCUT2D eigenvalue weighted by molar-refractivity contribution is 5.69. The number of carbonyl (C=O) groups excluding carboxylic acids is 1. The van der Waals surface area contributed by atoms with E-state index in [4.69, 9.17) is 4.74 Å². The number of likely N-dealkylation sites (tertiary alicyclic amines) is 1. The van der Waals surface area contributed by atoms with Gasteiger partial charge in [-0.3, -0.25) is 9.69 Å². The lowest BCUT2D eigenvalue weighted by Crippen LogP contribution is -2.24. The average Bonchev–Trinajstić information content (AvgIpc) is 3.05. The van der Waals surface area contributed by atoms with E-state index in [9.17, 15) is 4.79 Å². The van der Waals surface area contributed by atoms with E-state index in [-0.39, 0.29) is 5.97 Å². The number of aromatic amines is 1. The van der Waals surface area contributed by atoms with Gasteiger partial charge in [-0.05, 0) is 57.8 Å². The van der Waals surface area contributed by atoms with Gasteiger partial charge >= 0.3 is 5.97 Å². The summed E-state index contributed by atoms with van der Waals surface area (Å²) in [5.74, 6) is -0.0650. The van der Waals surface area contributed by atoms with Crippen molar-refractivity contribution in [2.24, 2.45) is 0 Å². The predicted molar refractivity (Wildman–Crippen MR) is 74.8 cm³/mol. The zero-order chi connectivity index (χ0) is 13.5. The van der Waals surface area contributed by atoms with Crippen molar-refractivity contribution >= 4 is 5.97 Å². The van der Waals surface area contributed by atoms with E-state index in [1.165, 1.54) is 25.1 Å². The highest BCUT2D eigenvalue weighted by Gasteiger charge is 2.25. The first kappa shape index (κ1) is 14.1. The Hall–Kier alpha value is -1.29. The number of H-pyrrole nitrogens is 1. The molecule has 1 fully saturated rings. The van der Waals surface area contributed by atoms with Crippen LogP contribution in [0.2, 0.25) is 0 Å². The summed E-state index contributed by atoms with van der Waals surface area (Å²) in [6.07, 6.45) is 7.03. The van der Waals surface area contributed by atoms with Gasteiger partial charge in [0.25, 0.3) is 0 Å². The van der Waals surface area contributed by atoms with Crippen LogP contribution in [0.5, 0.6) is 0 Å². The summed E-state index contributed by atoms with van der Waals surface area (Å²) in [5, 5.41) is 0. The molecule has 1 aromatic rings. The van der Waals surface area contributed by atoms with Crippen LogP contribution < -0.4 is 0 Å². The monoisotopic (exact) mass is 264 g/mol. The number of nitrogens with one attached hydrogen (secondary N) is 1. The van der Waals surface area contributed by atoms with Crippen LogP contribution in [-0.4, -0.2) is 35.5 Å². The normalized spacial score (nSPS) is 19.7. The second-order valence-electron chi connectivity index (χ2n) is 5.08. The fraction of sp³-hybridized carbons (Fsp3) is 0.667. The summed E-state index contributed by atoms with van der Waals surface area (Å²) >= 11 is 0. The molecule has 1 unspecified atom stereocenters. The number of ether oxygens (including phenoxy) is 1. The molecule has 2 rings (SSSR count). The van der Waals surface area contributed by atoms with Gasteiger partial charge in [0.1, 0.15) is 0 Å². The molecule has 1 N–H and O–H groups in total. The van der Waals surface area contributed by atoms with Crippen LogP contribution in [0.25, 0.3) is 0 Å². The Labute approximate surface area is 115 Å². The Morgan fingerprint density at radius 2 is 2.42 bits per heavy atom. The van der Waals surface area contributed by atoms with Gasteiger partial charge in [0.15, 0.2) is 0 Å². The maximum Gasteiger partial charge on any atom is 0.305 e. The number of carbonyl (C=O) groups is 1. The van der Waals surface area contributed by atoms with Gasteiger partial charge in [-0.15, -0.1) is 0 Å². The first-order valence-electron chi connectivity index (χ1n) is 7.34. The van der Waals surface area contributed by atoms with E-state index in [0.29, 0.717) is 19.1 Å². The molecule has 0 amide bonds. The minimum Gasteiger partial charge on any atom is -0.466 e. The molecule has 4 heteroatoms.